The van der Waals surface area contributed by atoms with E-state index in [4.69, 9.17) is 10.5 Å². The van der Waals surface area contributed by atoms with Crippen LogP contribution in [-0.2, 0) is 11.3 Å². The lowest BCUT2D eigenvalue weighted by atomic mass is 10.2. The van der Waals surface area contributed by atoms with Gasteiger partial charge in [0.15, 0.2) is 0 Å². The van der Waals surface area contributed by atoms with Crippen LogP contribution in [0.25, 0.3) is 0 Å². The maximum absolute atomic E-state index is 11.7. The summed E-state index contributed by atoms with van der Waals surface area (Å²) >= 11 is 0. The van der Waals surface area contributed by atoms with Crippen LogP contribution in [-0.4, -0.2) is 11.0 Å². The summed E-state index contributed by atoms with van der Waals surface area (Å²) in [5, 5.41) is 0. The number of ether oxygens (including phenoxy) is 1. The molecule has 18 heavy (non-hydrogen) atoms. The summed E-state index contributed by atoms with van der Waals surface area (Å²) in [7, 11) is 0. The van der Waals surface area contributed by atoms with Crippen molar-refractivity contribution < 1.29 is 9.53 Å². The summed E-state index contributed by atoms with van der Waals surface area (Å²) in [5.74, 6) is -0.398. The number of pyridine rings is 1. The first-order chi connectivity index (χ1) is 8.65. The molecule has 1 aromatic carbocycles. The third-order valence-corrected chi connectivity index (χ3v) is 2.42. The van der Waals surface area contributed by atoms with Crippen molar-refractivity contribution in [3.05, 3.63) is 59.4 Å². The van der Waals surface area contributed by atoms with Gasteiger partial charge in [-0.1, -0.05) is 12.1 Å². The molecule has 0 unspecified atom stereocenters. The number of nitrogens with zero attached hydrogens (tertiary/aromatic N) is 1. The third-order valence-electron chi connectivity index (χ3n) is 2.42. The highest BCUT2D eigenvalue weighted by molar-refractivity contribution is 5.90. The average molecular weight is 242 g/mol. The standard InChI is InChI=1S/C14H14N2O2/c1-10-4-2-7-13(16-10)9-18-14(17)11-5-3-6-12(15)8-11/h2-8H,9,15H2,1H3. The number of carbonyl (C=O) groups is 1. The van der Waals surface area contributed by atoms with Gasteiger partial charge in [0.05, 0.1) is 11.3 Å². The van der Waals surface area contributed by atoms with Gasteiger partial charge in [0.25, 0.3) is 0 Å². The summed E-state index contributed by atoms with van der Waals surface area (Å²) in [5.41, 5.74) is 8.22. The number of nitrogens with two attached hydrogens (primary N) is 1. The fraction of sp³-hybridized carbons (Fsp3) is 0.143. The predicted octanol–water partition coefficient (Wildman–Crippen LogP) is 2.33. The van der Waals surface area contributed by atoms with Crippen molar-refractivity contribution in [2.24, 2.45) is 0 Å². The Morgan fingerprint density at radius 1 is 1.28 bits per heavy atom. The highest BCUT2D eigenvalue weighted by atomic mass is 16.5. The lowest BCUT2D eigenvalue weighted by Crippen LogP contribution is -2.06. The topological polar surface area (TPSA) is 65.2 Å². The number of hydrogen-bond donors (Lipinski definition) is 1. The molecule has 4 heteroatoms. The number of benzene rings is 1. The smallest absolute Gasteiger partial charge is 0.338 e. The van der Waals surface area contributed by atoms with Crippen molar-refractivity contribution >= 4 is 11.7 Å². The second-order valence-corrected chi connectivity index (χ2v) is 3.97. The molecule has 0 spiro atoms. The molecule has 0 fully saturated rings. The Kier molecular flexibility index (Phi) is 3.57. The van der Waals surface area contributed by atoms with Crippen LogP contribution in [0.5, 0.6) is 0 Å². The zero-order valence-electron chi connectivity index (χ0n) is 10.1. The second-order valence-electron chi connectivity index (χ2n) is 3.97. The number of esters is 1. The quantitative estimate of drug-likeness (QED) is 0.662. The lowest BCUT2D eigenvalue weighted by molar-refractivity contribution is 0.0467. The Balaban J connectivity index is 2.00. The Labute approximate surface area is 105 Å². The minimum absolute atomic E-state index is 0.162. The van der Waals surface area contributed by atoms with Gasteiger partial charge in [0.2, 0.25) is 0 Å². The number of nitrogen functional groups attached to an aromatic ring is 1. The number of aryl methyl sites for hydroxylation is 1. The summed E-state index contributed by atoms with van der Waals surface area (Å²) in [6, 6.07) is 12.3. The molecule has 1 heterocycles. The highest BCUT2D eigenvalue weighted by Crippen LogP contribution is 2.09. The molecule has 0 aliphatic carbocycles. The molecule has 2 N–H and O–H groups in total. The molecule has 0 aliphatic heterocycles. The third kappa shape index (κ3) is 3.07. The van der Waals surface area contributed by atoms with Crippen LogP contribution >= 0.6 is 0 Å². The van der Waals surface area contributed by atoms with Crippen molar-refractivity contribution in [1.82, 2.24) is 4.98 Å². The van der Waals surface area contributed by atoms with Gasteiger partial charge < -0.3 is 10.5 Å². The molecule has 0 radical (unpaired) electrons. The van der Waals surface area contributed by atoms with E-state index in [1.165, 1.54) is 0 Å². The fourth-order valence-corrected chi connectivity index (χ4v) is 1.57. The van der Waals surface area contributed by atoms with Crippen molar-refractivity contribution in [3.63, 3.8) is 0 Å². The van der Waals surface area contributed by atoms with E-state index in [-0.39, 0.29) is 6.61 Å². The molecule has 2 aromatic rings. The number of anilines is 1. The van der Waals surface area contributed by atoms with Crippen molar-refractivity contribution in [2.75, 3.05) is 5.73 Å². The van der Waals surface area contributed by atoms with Gasteiger partial charge in [-0.2, -0.15) is 0 Å². The number of aromatic nitrogens is 1. The van der Waals surface area contributed by atoms with Crippen LogP contribution in [0.3, 0.4) is 0 Å². The van der Waals surface area contributed by atoms with E-state index in [1.54, 1.807) is 24.3 Å². The van der Waals surface area contributed by atoms with Crippen LogP contribution in [0.15, 0.2) is 42.5 Å². The van der Waals surface area contributed by atoms with Crippen LogP contribution in [0.2, 0.25) is 0 Å². The molecule has 0 atom stereocenters. The van der Waals surface area contributed by atoms with E-state index in [1.807, 2.05) is 25.1 Å². The lowest BCUT2D eigenvalue weighted by Gasteiger charge is -2.05. The Hall–Kier alpha value is -2.36. The van der Waals surface area contributed by atoms with Crippen LogP contribution < -0.4 is 5.73 Å². The minimum atomic E-state index is -0.398. The van der Waals surface area contributed by atoms with Gasteiger partial charge in [-0.3, -0.25) is 4.98 Å². The van der Waals surface area contributed by atoms with Crippen molar-refractivity contribution in [3.8, 4) is 0 Å². The molecule has 0 aliphatic rings. The summed E-state index contributed by atoms with van der Waals surface area (Å²) in [4.78, 5) is 16.0. The first-order valence-corrected chi connectivity index (χ1v) is 5.60. The maximum atomic E-state index is 11.7. The summed E-state index contributed by atoms with van der Waals surface area (Å²) < 4.78 is 5.17. The zero-order valence-corrected chi connectivity index (χ0v) is 10.1. The number of carbonyl (C=O) groups excluding carboxylic acids is 1. The van der Waals surface area contributed by atoms with Gasteiger partial charge in [-0.15, -0.1) is 0 Å². The number of hydrogen-bond acceptors (Lipinski definition) is 4. The number of rotatable bonds is 3. The molecule has 92 valence electrons. The minimum Gasteiger partial charge on any atom is -0.456 e. The van der Waals surface area contributed by atoms with Gasteiger partial charge in [-0.25, -0.2) is 4.79 Å². The van der Waals surface area contributed by atoms with E-state index in [0.717, 1.165) is 11.4 Å². The monoisotopic (exact) mass is 242 g/mol. The molecular weight excluding hydrogens is 228 g/mol. The molecule has 0 amide bonds. The van der Waals surface area contributed by atoms with Crippen LogP contribution in [0.1, 0.15) is 21.7 Å². The molecule has 0 bridgehead atoms. The molecule has 0 saturated heterocycles. The van der Waals surface area contributed by atoms with Crippen LogP contribution in [0, 0.1) is 6.92 Å². The van der Waals surface area contributed by atoms with E-state index >= 15 is 0 Å². The second kappa shape index (κ2) is 5.31. The van der Waals surface area contributed by atoms with Gasteiger partial charge >= 0.3 is 5.97 Å². The summed E-state index contributed by atoms with van der Waals surface area (Å²) in [6.45, 7) is 2.05. The average Bonchev–Trinajstić information content (AvgIpc) is 2.36. The Morgan fingerprint density at radius 2 is 2.06 bits per heavy atom. The SMILES string of the molecule is Cc1cccc(COC(=O)c2cccc(N)c2)n1. The Morgan fingerprint density at radius 3 is 2.78 bits per heavy atom. The molecule has 0 saturated carbocycles. The van der Waals surface area contributed by atoms with E-state index in [0.29, 0.717) is 11.3 Å². The van der Waals surface area contributed by atoms with E-state index < -0.39 is 5.97 Å². The van der Waals surface area contributed by atoms with E-state index in [9.17, 15) is 4.79 Å². The molecule has 2 rings (SSSR count). The van der Waals surface area contributed by atoms with Crippen molar-refractivity contribution in [2.45, 2.75) is 13.5 Å². The van der Waals surface area contributed by atoms with Gasteiger partial charge in [0.1, 0.15) is 6.61 Å². The Bertz CT molecular complexity index is 567. The maximum Gasteiger partial charge on any atom is 0.338 e. The summed E-state index contributed by atoms with van der Waals surface area (Å²) in [6.07, 6.45) is 0. The zero-order chi connectivity index (χ0) is 13.0. The largest absolute Gasteiger partial charge is 0.456 e. The fourth-order valence-electron chi connectivity index (χ4n) is 1.57. The predicted molar refractivity (Wildman–Crippen MR) is 68.9 cm³/mol. The molecule has 1 aromatic heterocycles. The molecular formula is C14H14N2O2. The van der Waals surface area contributed by atoms with Gasteiger partial charge in [0, 0.05) is 11.4 Å². The first-order valence-electron chi connectivity index (χ1n) is 5.60. The van der Waals surface area contributed by atoms with E-state index in [2.05, 4.69) is 4.98 Å². The highest BCUT2D eigenvalue weighted by Gasteiger charge is 2.07. The van der Waals surface area contributed by atoms with Crippen molar-refractivity contribution in [1.29, 1.82) is 0 Å². The first kappa shape index (κ1) is 12.1. The molecule has 4 nitrogen and oxygen atoms in total. The van der Waals surface area contributed by atoms with Gasteiger partial charge in [-0.05, 0) is 37.3 Å². The van der Waals surface area contributed by atoms with Crippen LogP contribution in [0.4, 0.5) is 5.69 Å². The normalized spacial score (nSPS) is 10.1.